The molecule has 0 fully saturated rings. The highest BCUT2D eigenvalue weighted by atomic mass is 35.5. The summed E-state index contributed by atoms with van der Waals surface area (Å²) in [5, 5.41) is 0. The predicted molar refractivity (Wildman–Crippen MR) is 59.0 cm³/mol. The third kappa shape index (κ3) is 12.9. The molecule has 0 rings (SSSR count). The van der Waals surface area contributed by atoms with Gasteiger partial charge >= 0.3 is 0 Å². The van der Waals surface area contributed by atoms with E-state index in [1.54, 1.807) is 5.54 Å². The molecule has 0 aromatic carbocycles. The van der Waals surface area contributed by atoms with Gasteiger partial charge < -0.3 is 5.73 Å². The molecule has 0 aliphatic carbocycles. The van der Waals surface area contributed by atoms with Crippen LogP contribution in [0.5, 0.6) is 0 Å². The molecule has 1 nitrogen and oxygen atoms in total. The average Bonchev–Trinajstić information content (AvgIpc) is 2.03. The summed E-state index contributed by atoms with van der Waals surface area (Å²) >= 11 is 5.37. The van der Waals surface area contributed by atoms with Gasteiger partial charge in [-0.1, -0.05) is 36.9 Å². The zero-order valence-corrected chi connectivity index (χ0v) is 9.04. The van der Waals surface area contributed by atoms with Gasteiger partial charge in [0.05, 0.1) is 0 Å². The molecule has 0 aromatic heterocycles. The third-order valence-electron chi connectivity index (χ3n) is 1.66. The first kappa shape index (κ1) is 14.8. The molecule has 0 aliphatic rings. The van der Waals surface area contributed by atoms with Crippen molar-refractivity contribution in [1.82, 2.24) is 0 Å². The fourth-order valence-corrected chi connectivity index (χ4v) is 1.13. The van der Waals surface area contributed by atoms with Gasteiger partial charge in [-0.05, 0) is 25.8 Å². The van der Waals surface area contributed by atoms with Crippen LogP contribution in [0.15, 0.2) is 11.6 Å². The second-order valence-electron chi connectivity index (χ2n) is 2.71. The van der Waals surface area contributed by atoms with Gasteiger partial charge in [-0.3, -0.25) is 0 Å². The fraction of sp³-hybridized carbons (Fsp3) is 0.778. The Bertz CT molecular complexity index is 94.5. The van der Waals surface area contributed by atoms with E-state index < -0.39 is 0 Å². The van der Waals surface area contributed by atoms with Crippen LogP contribution in [0.3, 0.4) is 0 Å². The van der Waals surface area contributed by atoms with Gasteiger partial charge in [-0.25, -0.2) is 0 Å². The van der Waals surface area contributed by atoms with E-state index in [1.165, 1.54) is 32.1 Å². The number of halogens is 2. The smallest absolute Gasteiger partial charge is 0.000245 e. The van der Waals surface area contributed by atoms with Crippen molar-refractivity contribution in [2.75, 3.05) is 6.54 Å². The molecule has 0 aromatic rings. The average molecular weight is 212 g/mol. The number of hydrogen-bond acceptors (Lipinski definition) is 1. The van der Waals surface area contributed by atoms with Crippen molar-refractivity contribution in [2.45, 2.75) is 38.5 Å². The molecule has 2 N–H and O–H groups in total. The lowest BCUT2D eigenvalue weighted by Gasteiger charge is -1.96. The summed E-state index contributed by atoms with van der Waals surface area (Å²) in [5.74, 6) is 0. The SMILES string of the molecule is Cl.NCCCCCCCC=CCl. The largest absolute Gasteiger partial charge is 0.330 e. The van der Waals surface area contributed by atoms with E-state index in [-0.39, 0.29) is 12.4 Å². The second-order valence-corrected chi connectivity index (χ2v) is 2.96. The third-order valence-corrected chi connectivity index (χ3v) is 1.84. The molecule has 0 amide bonds. The van der Waals surface area contributed by atoms with Crippen molar-refractivity contribution in [1.29, 1.82) is 0 Å². The zero-order chi connectivity index (χ0) is 8.36. The molecule has 0 aliphatic heterocycles. The van der Waals surface area contributed by atoms with E-state index >= 15 is 0 Å². The lowest BCUT2D eigenvalue weighted by Crippen LogP contribution is -1.97. The van der Waals surface area contributed by atoms with Gasteiger partial charge in [-0.15, -0.1) is 12.4 Å². The molecule has 0 unspecified atom stereocenters. The van der Waals surface area contributed by atoms with Crippen LogP contribution in [-0.4, -0.2) is 6.54 Å². The highest BCUT2D eigenvalue weighted by Crippen LogP contribution is 2.05. The minimum Gasteiger partial charge on any atom is -0.330 e. The Balaban J connectivity index is 0. The van der Waals surface area contributed by atoms with Crippen molar-refractivity contribution < 1.29 is 0 Å². The molecular formula is C9H19Cl2N. The molecule has 0 saturated heterocycles. The van der Waals surface area contributed by atoms with Gasteiger partial charge in [0.15, 0.2) is 0 Å². The highest BCUT2D eigenvalue weighted by Gasteiger charge is 1.87. The van der Waals surface area contributed by atoms with Crippen molar-refractivity contribution in [3.05, 3.63) is 11.6 Å². The molecule has 0 saturated carbocycles. The molecule has 3 heteroatoms. The number of hydrogen-bond donors (Lipinski definition) is 1. The van der Waals surface area contributed by atoms with Crippen LogP contribution in [0, 0.1) is 0 Å². The summed E-state index contributed by atoms with van der Waals surface area (Å²) in [6.07, 6.45) is 9.45. The Morgan fingerprint density at radius 3 is 2.17 bits per heavy atom. The summed E-state index contributed by atoms with van der Waals surface area (Å²) in [4.78, 5) is 0. The van der Waals surface area contributed by atoms with Crippen molar-refractivity contribution >= 4 is 24.0 Å². The van der Waals surface area contributed by atoms with Crippen LogP contribution < -0.4 is 5.73 Å². The minimum absolute atomic E-state index is 0. The van der Waals surface area contributed by atoms with Gasteiger partial charge in [0.1, 0.15) is 0 Å². The van der Waals surface area contributed by atoms with Gasteiger partial charge in [0, 0.05) is 5.54 Å². The van der Waals surface area contributed by atoms with Crippen LogP contribution in [0.2, 0.25) is 0 Å². The lowest BCUT2D eigenvalue weighted by molar-refractivity contribution is 0.623. The molecule has 0 bridgehead atoms. The summed E-state index contributed by atoms with van der Waals surface area (Å²) in [6.45, 7) is 0.835. The van der Waals surface area contributed by atoms with E-state index in [4.69, 9.17) is 17.3 Å². The summed E-state index contributed by atoms with van der Waals surface area (Å²) in [6, 6.07) is 0. The normalized spacial score (nSPS) is 10.2. The van der Waals surface area contributed by atoms with Crippen molar-refractivity contribution in [2.24, 2.45) is 5.73 Å². The van der Waals surface area contributed by atoms with E-state index in [1.807, 2.05) is 6.08 Å². The van der Waals surface area contributed by atoms with E-state index in [0.29, 0.717) is 0 Å². The maximum absolute atomic E-state index is 5.37. The second kappa shape index (κ2) is 13.8. The van der Waals surface area contributed by atoms with E-state index in [0.717, 1.165) is 13.0 Å². The first-order valence-electron chi connectivity index (χ1n) is 4.37. The molecule has 0 spiro atoms. The van der Waals surface area contributed by atoms with Crippen LogP contribution in [-0.2, 0) is 0 Å². The Morgan fingerprint density at radius 2 is 1.58 bits per heavy atom. The Labute approximate surface area is 86.8 Å². The molecular weight excluding hydrogens is 193 g/mol. The van der Waals surface area contributed by atoms with Gasteiger partial charge in [-0.2, -0.15) is 0 Å². The van der Waals surface area contributed by atoms with E-state index in [2.05, 4.69) is 0 Å². The maximum Gasteiger partial charge on any atom is 0.000245 e. The topological polar surface area (TPSA) is 26.0 Å². The van der Waals surface area contributed by atoms with Crippen LogP contribution in [0.25, 0.3) is 0 Å². The number of rotatable bonds is 7. The van der Waals surface area contributed by atoms with Crippen LogP contribution in [0.1, 0.15) is 38.5 Å². The molecule has 12 heavy (non-hydrogen) atoms. The van der Waals surface area contributed by atoms with Crippen LogP contribution in [0.4, 0.5) is 0 Å². The van der Waals surface area contributed by atoms with E-state index in [9.17, 15) is 0 Å². The minimum atomic E-state index is 0. The Kier molecular flexibility index (Phi) is 17.1. The molecule has 74 valence electrons. The lowest BCUT2D eigenvalue weighted by atomic mass is 10.1. The van der Waals surface area contributed by atoms with Gasteiger partial charge in [0.25, 0.3) is 0 Å². The predicted octanol–water partition coefficient (Wildman–Crippen LogP) is 3.46. The Morgan fingerprint density at radius 1 is 1.00 bits per heavy atom. The molecule has 0 atom stereocenters. The van der Waals surface area contributed by atoms with Crippen molar-refractivity contribution in [3.63, 3.8) is 0 Å². The summed E-state index contributed by atoms with van der Waals surface area (Å²) in [7, 11) is 0. The van der Waals surface area contributed by atoms with Gasteiger partial charge in [0.2, 0.25) is 0 Å². The summed E-state index contributed by atoms with van der Waals surface area (Å²) in [5.41, 5.74) is 6.96. The first-order valence-corrected chi connectivity index (χ1v) is 4.80. The molecule has 0 radical (unpaired) electrons. The first-order chi connectivity index (χ1) is 5.41. The monoisotopic (exact) mass is 211 g/mol. The standard InChI is InChI=1S/C9H18ClN.ClH/c10-8-6-4-2-1-3-5-7-9-11;/h6,8H,1-5,7,9,11H2;1H. The Hall–Kier alpha value is 0.280. The van der Waals surface area contributed by atoms with Crippen LogP contribution >= 0.6 is 24.0 Å². The van der Waals surface area contributed by atoms with Crippen molar-refractivity contribution in [3.8, 4) is 0 Å². The molecule has 0 heterocycles. The number of unbranched alkanes of at least 4 members (excludes halogenated alkanes) is 5. The quantitative estimate of drug-likeness (QED) is 0.642. The highest BCUT2D eigenvalue weighted by molar-refractivity contribution is 6.25. The number of allylic oxidation sites excluding steroid dienone is 1. The maximum atomic E-state index is 5.37. The summed E-state index contributed by atoms with van der Waals surface area (Å²) < 4.78 is 0. The fourth-order valence-electron chi connectivity index (χ4n) is 1.000. The number of nitrogens with two attached hydrogens (primary N) is 1. The zero-order valence-electron chi connectivity index (χ0n) is 7.47.